The molecule has 33 heavy (non-hydrogen) atoms. The third-order valence-electron chi connectivity index (χ3n) is 4.92. The zero-order valence-electron chi connectivity index (χ0n) is 17.0. The molecule has 0 aliphatic heterocycles. The molecule has 1 amide bonds. The number of para-hydroxylation sites is 1. The summed E-state index contributed by atoms with van der Waals surface area (Å²) in [6.07, 6.45) is 0. The lowest BCUT2D eigenvalue weighted by atomic mass is 10.0. The summed E-state index contributed by atoms with van der Waals surface area (Å²) in [5.74, 6) is -0.630. The third-order valence-corrected chi connectivity index (χ3v) is 6.16. The van der Waals surface area contributed by atoms with Crippen LogP contribution in [0.4, 0.5) is 0 Å². The van der Waals surface area contributed by atoms with E-state index in [1.807, 2.05) is 18.2 Å². The molecule has 166 valence electrons. The molecule has 0 radical (unpaired) electrons. The van der Waals surface area contributed by atoms with Crippen LogP contribution in [0.5, 0.6) is 5.75 Å². The van der Waals surface area contributed by atoms with E-state index in [0.29, 0.717) is 54.1 Å². The summed E-state index contributed by atoms with van der Waals surface area (Å²) in [6.45, 7) is 1.62. The van der Waals surface area contributed by atoms with Gasteiger partial charge in [0.15, 0.2) is 0 Å². The van der Waals surface area contributed by atoms with Gasteiger partial charge in [-0.25, -0.2) is 10.4 Å². The second-order valence-corrected chi connectivity index (χ2v) is 8.78. The predicted molar refractivity (Wildman–Crippen MR) is 135 cm³/mol. The number of amides is 1. The quantitative estimate of drug-likeness (QED) is 0.218. The Morgan fingerprint density at radius 3 is 2.42 bits per heavy atom. The molecule has 0 saturated heterocycles. The Morgan fingerprint density at radius 2 is 1.67 bits per heavy atom. The number of hydrazone groups is 1. The lowest BCUT2D eigenvalue weighted by Crippen LogP contribution is -2.20. The maximum atomic E-state index is 13.1. The summed E-state index contributed by atoms with van der Waals surface area (Å²) in [5.41, 5.74) is 5.43. The molecular weight excluding hydrogens is 504 g/mol. The molecule has 2 N–H and O–H groups in total. The standard InChI is InChI=1S/C24H15Cl4N3O2/c1-12(16-9-14(25)10-20(28)23(16)32)30-31-24(33)17-11-22(13-6-7-18(26)19(27)8-13)29-21-5-3-2-4-15(17)21/h2-11,32H,1H3,(H,31,33). The van der Waals surface area contributed by atoms with Crippen molar-refractivity contribution in [1.82, 2.24) is 10.4 Å². The number of nitrogens with one attached hydrogen (secondary N) is 1. The molecular formula is C24H15Cl4N3O2. The Kier molecular flexibility index (Phi) is 6.77. The van der Waals surface area contributed by atoms with Crippen molar-refractivity contribution < 1.29 is 9.90 Å². The number of phenols is 1. The van der Waals surface area contributed by atoms with Gasteiger partial charge in [-0.2, -0.15) is 5.10 Å². The van der Waals surface area contributed by atoms with E-state index in [0.717, 1.165) is 0 Å². The van der Waals surface area contributed by atoms with Gasteiger partial charge in [0, 0.05) is 21.5 Å². The molecule has 0 spiro atoms. The highest BCUT2D eigenvalue weighted by atomic mass is 35.5. The van der Waals surface area contributed by atoms with E-state index in [1.54, 1.807) is 37.3 Å². The number of carbonyl (C=O) groups excluding carboxylic acids is 1. The fraction of sp³-hybridized carbons (Fsp3) is 0.0417. The topological polar surface area (TPSA) is 74.6 Å². The first-order valence-electron chi connectivity index (χ1n) is 9.63. The van der Waals surface area contributed by atoms with Crippen molar-refractivity contribution in [2.45, 2.75) is 6.92 Å². The molecule has 4 aromatic rings. The molecule has 5 nitrogen and oxygen atoms in total. The van der Waals surface area contributed by atoms with E-state index in [9.17, 15) is 9.90 Å². The minimum atomic E-state index is -0.457. The first-order chi connectivity index (χ1) is 15.7. The van der Waals surface area contributed by atoms with E-state index in [2.05, 4.69) is 15.5 Å². The highest BCUT2D eigenvalue weighted by molar-refractivity contribution is 6.42. The maximum absolute atomic E-state index is 13.1. The highest BCUT2D eigenvalue weighted by Crippen LogP contribution is 2.32. The summed E-state index contributed by atoms with van der Waals surface area (Å²) in [5, 5.41) is 16.2. The molecule has 4 rings (SSSR count). The number of phenolic OH excluding ortho intramolecular Hbond substituents is 1. The fourth-order valence-corrected chi connectivity index (χ4v) is 4.05. The normalized spacial score (nSPS) is 11.6. The van der Waals surface area contributed by atoms with Crippen LogP contribution in [0.2, 0.25) is 20.1 Å². The molecule has 3 aromatic carbocycles. The second kappa shape index (κ2) is 9.57. The van der Waals surface area contributed by atoms with Crippen LogP contribution in [-0.4, -0.2) is 21.7 Å². The molecule has 0 fully saturated rings. The van der Waals surface area contributed by atoms with Gasteiger partial charge in [0.25, 0.3) is 5.91 Å². The number of pyridine rings is 1. The number of halogens is 4. The number of hydrogen-bond donors (Lipinski definition) is 2. The molecule has 1 aromatic heterocycles. The van der Waals surface area contributed by atoms with Gasteiger partial charge in [-0.05, 0) is 43.3 Å². The van der Waals surface area contributed by atoms with Gasteiger partial charge in [-0.1, -0.05) is 70.7 Å². The smallest absolute Gasteiger partial charge is 0.272 e. The summed E-state index contributed by atoms with van der Waals surface area (Å²) >= 11 is 24.2. The number of aromatic hydroxyl groups is 1. The van der Waals surface area contributed by atoms with Gasteiger partial charge in [0.1, 0.15) is 5.75 Å². The van der Waals surface area contributed by atoms with E-state index >= 15 is 0 Å². The molecule has 0 atom stereocenters. The number of hydrogen-bond acceptors (Lipinski definition) is 4. The lowest BCUT2D eigenvalue weighted by molar-refractivity contribution is 0.0956. The lowest BCUT2D eigenvalue weighted by Gasteiger charge is -2.11. The average molecular weight is 519 g/mol. The van der Waals surface area contributed by atoms with Gasteiger partial charge in [0.2, 0.25) is 0 Å². The SMILES string of the molecule is CC(=NNC(=O)c1cc(-c2ccc(Cl)c(Cl)c2)nc2ccccc12)c1cc(Cl)cc(Cl)c1O. The van der Waals surface area contributed by atoms with Crippen molar-refractivity contribution in [2.75, 3.05) is 0 Å². The number of aromatic nitrogens is 1. The average Bonchev–Trinajstić information content (AvgIpc) is 2.80. The van der Waals surface area contributed by atoms with Gasteiger partial charge < -0.3 is 5.11 Å². The molecule has 0 saturated carbocycles. The van der Waals surface area contributed by atoms with Crippen molar-refractivity contribution in [3.8, 4) is 17.0 Å². The molecule has 1 heterocycles. The second-order valence-electron chi connectivity index (χ2n) is 7.12. The minimum absolute atomic E-state index is 0.0878. The molecule has 0 bridgehead atoms. The molecule has 0 unspecified atom stereocenters. The number of nitrogens with zero attached hydrogens (tertiary/aromatic N) is 2. The van der Waals surface area contributed by atoms with Crippen LogP contribution in [0.3, 0.4) is 0 Å². The van der Waals surface area contributed by atoms with Crippen LogP contribution in [0.15, 0.2) is 65.8 Å². The number of carbonyl (C=O) groups is 1. The summed E-state index contributed by atoms with van der Waals surface area (Å²) < 4.78 is 0. The van der Waals surface area contributed by atoms with Crippen LogP contribution in [-0.2, 0) is 0 Å². The Bertz CT molecular complexity index is 1440. The molecule has 9 heteroatoms. The van der Waals surface area contributed by atoms with Gasteiger partial charge in [-0.15, -0.1) is 0 Å². The molecule has 0 aliphatic rings. The van der Waals surface area contributed by atoms with Crippen molar-refractivity contribution in [3.63, 3.8) is 0 Å². The van der Waals surface area contributed by atoms with E-state index < -0.39 is 5.91 Å². The first kappa shape index (κ1) is 23.3. The van der Waals surface area contributed by atoms with Crippen molar-refractivity contribution in [3.05, 3.63) is 91.9 Å². The van der Waals surface area contributed by atoms with Crippen molar-refractivity contribution in [2.24, 2.45) is 5.10 Å². The number of benzene rings is 3. The minimum Gasteiger partial charge on any atom is -0.506 e. The van der Waals surface area contributed by atoms with Crippen LogP contribution >= 0.6 is 46.4 Å². The summed E-state index contributed by atoms with van der Waals surface area (Å²) in [4.78, 5) is 17.8. The van der Waals surface area contributed by atoms with E-state index in [-0.39, 0.29) is 10.8 Å². The van der Waals surface area contributed by atoms with Crippen LogP contribution in [0.25, 0.3) is 22.2 Å². The van der Waals surface area contributed by atoms with Gasteiger partial charge in [-0.3, -0.25) is 4.79 Å². The Labute approximate surface area is 209 Å². The van der Waals surface area contributed by atoms with Gasteiger partial charge >= 0.3 is 0 Å². The summed E-state index contributed by atoms with van der Waals surface area (Å²) in [7, 11) is 0. The third kappa shape index (κ3) is 4.92. The first-order valence-corrected chi connectivity index (χ1v) is 11.1. The predicted octanol–water partition coefficient (Wildman–Crippen LogP) is 7.38. The zero-order chi connectivity index (χ0) is 23.7. The Hall–Kier alpha value is -2.83. The van der Waals surface area contributed by atoms with Gasteiger partial charge in [0.05, 0.1) is 37.6 Å². The van der Waals surface area contributed by atoms with Crippen LogP contribution in [0, 0.1) is 0 Å². The van der Waals surface area contributed by atoms with Crippen LogP contribution < -0.4 is 5.43 Å². The number of fused-ring (bicyclic) bond motifs is 1. The van der Waals surface area contributed by atoms with Crippen molar-refractivity contribution in [1.29, 1.82) is 0 Å². The largest absolute Gasteiger partial charge is 0.506 e. The summed E-state index contributed by atoms with van der Waals surface area (Å²) in [6, 6.07) is 17.0. The van der Waals surface area contributed by atoms with Crippen molar-refractivity contribution >= 4 is 68.9 Å². The highest BCUT2D eigenvalue weighted by Gasteiger charge is 2.16. The Balaban J connectivity index is 1.73. The van der Waals surface area contributed by atoms with Crippen LogP contribution in [0.1, 0.15) is 22.8 Å². The number of rotatable bonds is 4. The van der Waals surface area contributed by atoms with E-state index in [1.165, 1.54) is 12.1 Å². The molecule has 0 aliphatic carbocycles. The zero-order valence-corrected chi connectivity index (χ0v) is 20.1. The fourth-order valence-electron chi connectivity index (χ4n) is 3.26. The van der Waals surface area contributed by atoms with E-state index in [4.69, 9.17) is 46.4 Å². The monoisotopic (exact) mass is 517 g/mol. The maximum Gasteiger partial charge on any atom is 0.272 e. The Morgan fingerprint density at radius 1 is 0.909 bits per heavy atom.